The van der Waals surface area contributed by atoms with Crippen LogP contribution in [0.25, 0.3) is 0 Å². The predicted molar refractivity (Wildman–Crippen MR) is 58.2 cm³/mol. The van der Waals surface area contributed by atoms with Gasteiger partial charge in [-0.1, -0.05) is 18.2 Å². The number of hydrogen-bond donors (Lipinski definition) is 0. The summed E-state index contributed by atoms with van der Waals surface area (Å²) in [5.74, 6) is 0.263. The van der Waals surface area contributed by atoms with Crippen molar-refractivity contribution in [3.63, 3.8) is 0 Å². The van der Waals surface area contributed by atoms with Gasteiger partial charge in [0.1, 0.15) is 0 Å². The summed E-state index contributed by atoms with van der Waals surface area (Å²) in [6.45, 7) is 0.661. The van der Waals surface area contributed by atoms with Crippen molar-refractivity contribution in [3.05, 3.63) is 47.3 Å². The van der Waals surface area contributed by atoms with Crippen LogP contribution in [0, 0.1) is 0 Å². The topological polar surface area (TPSA) is 47.8 Å². The van der Waals surface area contributed by atoms with Crippen LogP contribution in [-0.4, -0.2) is 20.8 Å². The fraction of sp³-hybridized carbons (Fsp3) is 0.250. The number of carbonyl (C=O) groups excluding carboxylic acids is 1. The van der Waals surface area contributed by atoms with E-state index in [1.54, 1.807) is 17.2 Å². The highest BCUT2D eigenvalue weighted by Gasteiger charge is 2.19. The molecule has 0 saturated heterocycles. The summed E-state index contributed by atoms with van der Waals surface area (Å²) in [5, 5.41) is 8.12. The average molecular weight is 213 g/mol. The van der Waals surface area contributed by atoms with Crippen molar-refractivity contribution in [1.82, 2.24) is 15.0 Å². The third kappa shape index (κ3) is 1.52. The molecule has 0 saturated carbocycles. The number of nitrogens with zero attached hydrogens (tertiary/aromatic N) is 3. The lowest BCUT2D eigenvalue weighted by Gasteiger charge is -2.03. The van der Waals surface area contributed by atoms with Crippen LogP contribution < -0.4 is 0 Å². The third-order valence-corrected chi connectivity index (χ3v) is 2.88. The van der Waals surface area contributed by atoms with E-state index in [1.807, 2.05) is 12.1 Å². The molecule has 0 radical (unpaired) electrons. The Labute approximate surface area is 92.9 Å². The van der Waals surface area contributed by atoms with Crippen molar-refractivity contribution in [2.75, 3.05) is 0 Å². The first kappa shape index (κ1) is 9.27. The lowest BCUT2D eigenvalue weighted by Crippen LogP contribution is -2.04. The van der Waals surface area contributed by atoms with Gasteiger partial charge in [0.15, 0.2) is 5.78 Å². The van der Waals surface area contributed by atoms with Gasteiger partial charge in [0.25, 0.3) is 0 Å². The van der Waals surface area contributed by atoms with Gasteiger partial charge in [-0.05, 0) is 17.5 Å². The minimum Gasteiger partial charge on any atom is -0.294 e. The second-order valence-corrected chi connectivity index (χ2v) is 3.97. The lowest BCUT2D eigenvalue weighted by atomic mass is 10.1. The van der Waals surface area contributed by atoms with Crippen LogP contribution in [0.15, 0.2) is 30.6 Å². The van der Waals surface area contributed by atoms with Gasteiger partial charge >= 0.3 is 0 Å². The minimum atomic E-state index is 0.263. The van der Waals surface area contributed by atoms with Crippen molar-refractivity contribution < 1.29 is 4.79 Å². The Morgan fingerprint density at radius 1 is 1.19 bits per heavy atom. The van der Waals surface area contributed by atoms with Crippen LogP contribution in [-0.2, 0) is 13.0 Å². The van der Waals surface area contributed by atoms with Crippen molar-refractivity contribution in [1.29, 1.82) is 0 Å². The van der Waals surface area contributed by atoms with E-state index in [0.29, 0.717) is 13.0 Å². The summed E-state index contributed by atoms with van der Waals surface area (Å²) < 4.78 is 0. The highest BCUT2D eigenvalue weighted by atomic mass is 16.1. The molecule has 1 aromatic heterocycles. The van der Waals surface area contributed by atoms with Crippen LogP contribution in [0.5, 0.6) is 0 Å². The number of carbonyl (C=O) groups is 1. The Bertz CT molecular complexity index is 531. The van der Waals surface area contributed by atoms with E-state index in [0.717, 1.165) is 23.1 Å². The largest absolute Gasteiger partial charge is 0.294 e. The smallest absolute Gasteiger partial charge is 0.163 e. The first-order chi connectivity index (χ1) is 7.83. The Balaban J connectivity index is 1.90. The number of benzene rings is 1. The van der Waals surface area contributed by atoms with E-state index in [1.165, 1.54) is 0 Å². The van der Waals surface area contributed by atoms with E-state index in [9.17, 15) is 4.79 Å². The van der Waals surface area contributed by atoms with Crippen LogP contribution in [0.3, 0.4) is 0 Å². The van der Waals surface area contributed by atoms with Crippen molar-refractivity contribution in [3.8, 4) is 0 Å². The molecule has 0 N–H and O–H groups in total. The zero-order valence-corrected chi connectivity index (χ0v) is 8.76. The summed E-state index contributed by atoms with van der Waals surface area (Å²) in [4.78, 5) is 13.1. The number of fused-ring (bicyclic) bond motifs is 1. The predicted octanol–water partition coefficient (Wildman–Crippen LogP) is 1.46. The van der Waals surface area contributed by atoms with Crippen LogP contribution >= 0.6 is 0 Å². The van der Waals surface area contributed by atoms with Crippen LogP contribution in [0.2, 0.25) is 0 Å². The Hall–Kier alpha value is -1.97. The molecule has 80 valence electrons. The Morgan fingerprint density at radius 2 is 2.00 bits per heavy atom. The average Bonchev–Trinajstić information content (AvgIpc) is 2.90. The molecule has 16 heavy (non-hydrogen) atoms. The van der Waals surface area contributed by atoms with E-state index in [-0.39, 0.29) is 5.78 Å². The number of Topliss-reactive ketones (excluding diaryl/α,β-unsaturated/α-hetero) is 1. The molecule has 0 atom stereocenters. The summed E-state index contributed by atoms with van der Waals surface area (Å²) >= 11 is 0. The molecule has 0 unspecified atom stereocenters. The Kier molecular flexibility index (Phi) is 2.06. The van der Waals surface area contributed by atoms with E-state index >= 15 is 0 Å². The maximum atomic E-state index is 11.5. The molecule has 4 heteroatoms. The first-order valence-corrected chi connectivity index (χ1v) is 5.32. The highest BCUT2D eigenvalue weighted by molar-refractivity contribution is 6.00. The second kappa shape index (κ2) is 3.56. The lowest BCUT2D eigenvalue weighted by molar-refractivity contribution is 0.0994. The van der Waals surface area contributed by atoms with E-state index < -0.39 is 0 Å². The zero-order valence-electron chi connectivity index (χ0n) is 8.76. The number of aryl methyl sites for hydroxylation is 1. The van der Waals surface area contributed by atoms with Gasteiger partial charge in [-0.25, -0.2) is 0 Å². The van der Waals surface area contributed by atoms with Crippen molar-refractivity contribution >= 4 is 5.78 Å². The molecule has 0 spiro atoms. The molecule has 1 aliphatic rings. The molecule has 4 nitrogen and oxygen atoms in total. The van der Waals surface area contributed by atoms with E-state index in [2.05, 4.69) is 16.3 Å². The Morgan fingerprint density at radius 3 is 2.81 bits per heavy atom. The molecular formula is C12H11N3O. The van der Waals surface area contributed by atoms with Gasteiger partial charge in [0, 0.05) is 12.0 Å². The van der Waals surface area contributed by atoms with Gasteiger partial charge in [-0.15, -0.1) is 0 Å². The summed E-state index contributed by atoms with van der Waals surface area (Å²) in [7, 11) is 0. The van der Waals surface area contributed by atoms with Gasteiger partial charge in [-0.3, -0.25) is 4.79 Å². The van der Waals surface area contributed by atoms with Gasteiger partial charge < -0.3 is 0 Å². The van der Waals surface area contributed by atoms with E-state index in [4.69, 9.17) is 0 Å². The molecule has 2 aromatic rings. The van der Waals surface area contributed by atoms with Gasteiger partial charge in [-0.2, -0.15) is 15.0 Å². The first-order valence-electron chi connectivity index (χ1n) is 5.32. The quantitative estimate of drug-likeness (QED) is 0.758. The minimum absolute atomic E-state index is 0.263. The molecule has 0 fully saturated rings. The SMILES string of the molecule is O=C1CCc2cc(Cn3nccn3)ccc21. The molecule has 1 aromatic carbocycles. The molecular weight excluding hydrogens is 202 g/mol. The maximum Gasteiger partial charge on any atom is 0.163 e. The molecule has 1 aliphatic carbocycles. The number of hydrogen-bond acceptors (Lipinski definition) is 3. The molecule has 3 rings (SSSR count). The fourth-order valence-corrected chi connectivity index (χ4v) is 2.10. The standard InChI is InChI=1S/C12H11N3O/c16-12-4-2-10-7-9(1-3-11(10)12)8-15-13-5-6-14-15/h1,3,5-7H,2,4,8H2. The molecule has 0 bridgehead atoms. The van der Waals surface area contributed by atoms with Crippen LogP contribution in [0.1, 0.15) is 27.9 Å². The molecule has 0 aliphatic heterocycles. The summed E-state index contributed by atoms with van der Waals surface area (Å²) in [6.07, 6.45) is 4.85. The monoisotopic (exact) mass is 213 g/mol. The second-order valence-electron chi connectivity index (χ2n) is 3.97. The summed E-state index contributed by atoms with van der Waals surface area (Å²) in [6, 6.07) is 5.98. The number of rotatable bonds is 2. The third-order valence-electron chi connectivity index (χ3n) is 2.88. The van der Waals surface area contributed by atoms with Gasteiger partial charge in [0.2, 0.25) is 0 Å². The fourth-order valence-electron chi connectivity index (χ4n) is 2.10. The van der Waals surface area contributed by atoms with Crippen molar-refractivity contribution in [2.45, 2.75) is 19.4 Å². The summed E-state index contributed by atoms with van der Waals surface area (Å²) in [5.41, 5.74) is 3.19. The number of ketones is 1. The number of aromatic nitrogens is 3. The maximum absolute atomic E-state index is 11.5. The molecule has 0 amide bonds. The highest BCUT2D eigenvalue weighted by Crippen LogP contribution is 2.23. The normalized spacial score (nSPS) is 14.1. The van der Waals surface area contributed by atoms with Crippen molar-refractivity contribution in [2.24, 2.45) is 0 Å². The molecule has 1 heterocycles. The zero-order chi connectivity index (χ0) is 11.0. The van der Waals surface area contributed by atoms with Crippen LogP contribution in [0.4, 0.5) is 0 Å². The van der Waals surface area contributed by atoms with Gasteiger partial charge in [0.05, 0.1) is 18.9 Å².